The van der Waals surface area contributed by atoms with Crippen molar-refractivity contribution in [1.29, 1.82) is 0 Å². The SMILES string of the molecule is CCCCCCCCCCCC(=O)CCOS(=O)(=O)ON. The number of unbranched alkanes of at least 4 members (excludes halogenated alkanes) is 8. The Balaban J connectivity index is 3.34. The molecule has 6 nitrogen and oxygen atoms in total. The third-order valence-electron chi connectivity index (χ3n) is 3.29. The van der Waals surface area contributed by atoms with E-state index in [0.717, 1.165) is 19.3 Å². The van der Waals surface area contributed by atoms with Crippen LogP contribution in [0.2, 0.25) is 0 Å². The number of ketones is 1. The van der Waals surface area contributed by atoms with Crippen LogP contribution in [-0.2, 0) is 23.7 Å². The number of rotatable bonds is 15. The van der Waals surface area contributed by atoms with Gasteiger partial charge >= 0.3 is 10.4 Å². The van der Waals surface area contributed by atoms with Crippen LogP contribution < -0.4 is 5.90 Å². The maximum Gasteiger partial charge on any atom is 0.415 e. The fourth-order valence-electron chi connectivity index (χ4n) is 2.04. The predicted octanol–water partition coefficient (Wildman–Crippen LogP) is 3.02. The minimum atomic E-state index is -4.13. The summed E-state index contributed by atoms with van der Waals surface area (Å²) in [4.78, 5) is 11.5. The molecule has 0 aliphatic heterocycles. The van der Waals surface area contributed by atoms with Crippen molar-refractivity contribution >= 4 is 16.2 Å². The summed E-state index contributed by atoms with van der Waals surface area (Å²) < 4.78 is 29.4. The molecule has 0 radical (unpaired) electrons. The summed E-state index contributed by atoms with van der Waals surface area (Å²) in [6.07, 6.45) is 11.3. The van der Waals surface area contributed by atoms with Gasteiger partial charge in [0.2, 0.25) is 0 Å². The van der Waals surface area contributed by atoms with Gasteiger partial charge in [-0.2, -0.15) is 18.6 Å². The first-order valence-corrected chi connectivity index (χ1v) is 9.14. The lowest BCUT2D eigenvalue weighted by molar-refractivity contribution is -0.119. The summed E-state index contributed by atoms with van der Waals surface area (Å²) in [5, 5.41) is 0. The van der Waals surface area contributed by atoms with Crippen LogP contribution in [0.4, 0.5) is 0 Å². The van der Waals surface area contributed by atoms with Gasteiger partial charge in [-0.05, 0) is 6.42 Å². The van der Waals surface area contributed by atoms with Crippen LogP contribution in [0.5, 0.6) is 0 Å². The highest BCUT2D eigenvalue weighted by molar-refractivity contribution is 7.81. The zero-order valence-corrected chi connectivity index (χ0v) is 13.8. The Morgan fingerprint density at radius 2 is 1.43 bits per heavy atom. The fraction of sp³-hybridized carbons (Fsp3) is 0.929. The van der Waals surface area contributed by atoms with E-state index in [1.807, 2.05) is 0 Å². The van der Waals surface area contributed by atoms with E-state index in [2.05, 4.69) is 21.3 Å². The van der Waals surface area contributed by atoms with E-state index in [0.29, 0.717) is 6.42 Å². The molecule has 0 saturated heterocycles. The fourth-order valence-corrected chi connectivity index (χ4v) is 2.39. The Labute approximate surface area is 128 Å². The predicted molar refractivity (Wildman–Crippen MR) is 81.6 cm³/mol. The van der Waals surface area contributed by atoms with Crippen molar-refractivity contribution in [2.75, 3.05) is 6.61 Å². The van der Waals surface area contributed by atoms with Gasteiger partial charge in [-0.25, -0.2) is 4.18 Å². The lowest BCUT2D eigenvalue weighted by Gasteiger charge is -2.03. The monoisotopic (exact) mass is 323 g/mol. The molecule has 7 heteroatoms. The third-order valence-corrected chi connectivity index (χ3v) is 3.98. The summed E-state index contributed by atoms with van der Waals surface area (Å²) in [7, 11) is -4.13. The average Bonchev–Trinajstić information content (AvgIpc) is 2.45. The summed E-state index contributed by atoms with van der Waals surface area (Å²) in [5.41, 5.74) is 0. The van der Waals surface area contributed by atoms with Crippen molar-refractivity contribution < 1.29 is 21.7 Å². The van der Waals surface area contributed by atoms with Gasteiger partial charge in [0.1, 0.15) is 5.78 Å². The summed E-state index contributed by atoms with van der Waals surface area (Å²) in [5.74, 6) is 4.50. The molecule has 126 valence electrons. The molecule has 0 aromatic rings. The van der Waals surface area contributed by atoms with Crippen LogP contribution in [0.15, 0.2) is 0 Å². The first-order chi connectivity index (χ1) is 10.0. The molecule has 0 rings (SSSR count). The van der Waals surface area contributed by atoms with Gasteiger partial charge in [-0.3, -0.25) is 4.79 Å². The Hall–Kier alpha value is -0.500. The molecule has 0 fully saturated rings. The molecule has 0 heterocycles. The molecule has 0 aliphatic carbocycles. The highest BCUT2D eigenvalue weighted by Gasteiger charge is 2.11. The van der Waals surface area contributed by atoms with E-state index >= 15 is 0 Å². The number of Topliss-reactive ketones (excluding diaryl/α,β-unsaturated/α-hetero) is 1. The largest absolute Gasteiger partial charge is 0.415 e. The quantitative estimate of drug-likeness (QED) is 0.367. The second-order valence-electron chi connectivity index (χ2n) is 5.19. The molecular formula is C14H29NO5S. The van der Waals surface area contributed by atoms with Crippen molar-refractivity contribution in [2.45, 2.75) is 77.6 Å². The lowest BCUT2D eigenvalue weighted by Crippen LogP contribution is -2.16. The molecule has 0 atom stereocenters. The van der Waals surface area contributed by atoms with Gasteiger partial charge in [0.15, 0.2) is 0 Å². The maximum absolute atomic E-state index is 11.5. The van der Waals surface area contributed by atoms with E-state index in [4.69, 9.17) is 0 Å². The zero-order valence-electron chi connectivity index (χ0n) is 13.0. The van der Waals surface area contributed by atoms with Gasteiger partial charge in [-0.15, -0.1) is 0 Å². The minimum absolute atomic E-state index is 0.00478. The van der Waals surface area contributed by atoms with E-state index in [-0.39, 0.29) is 18.8 Å². The lowest BCUT2D eigenvalue weighted by atomic mass is 10.0. The molecule has 21 heavy (non-hydrogen) atoms. The van der Waals surface area contributed by atoms with Crippen LogP contribution in [-0.4, -0.2) is 20.8 Å². The van der Waals surface area contributed by atoms with E-state index < -0.39 is 10.4 Å². The van der Waals surface area contributed by atoms with Crippen molar-refractivity contribution in [3.63, 3.8) is 0 Å². The first-order valence-electron chi connectivity index (χ1n) is 7.81. The first kappa shape index (κ1) is 20.5. The molecule has 0 amide bonds. The number of hydrogen-bond acceptors (Lipinski definition) is 6. The van der Waals surface area contributed by atoms with Crippen LogP contribution in [0.3, 0.4) is 0 Å². The van der Waals surface area contributed by atoms with Crippen LogP contribution in [0.1, 0.15) is 77.6 Å². The normalized spacial score (nSPS) is 11.7. The molecular weight excluding hydrogens is 294 g/mol. The van der Waals surface area contributed by atoms with Crippen LogP contribution >= 0.6 is 0 Å². The standard InChI is InChI=1S/C14H29NO5S/c1-2-3-4-5-6-7-8-9-10-11-14(16)12-13-19-21(17,18)20-15/h2-13,15H2,1H3. The van der Waals surface area contributed by atoms with E-state index in [1.165, 1.54) is 38.5 Å². The molecule has 0 unspecified atom stereocenters. The Morgan fingerprint density at radius 1 is 0.905 bits per heavy atom. The summed E-state index contributed by atoms with van der Waals surface area (Å²) in [6.45, 7) is 2.00. The van der Waals surface area contributed by atoms with Crippen LogP contribution in [0.25, 0.3) is 0 Å². The molecule has 0 aromatic heterocycles. The Kier molecular flexibility index (Phi) is 12.9. The molecule has 0 aliphatic rings. The molecule has 0 bridgehead atoms. The molecule has 2 N–H and O–H groups in total. The van der Waals surface area contributed by atoms with Crippen molar-refractivity contribution in [3.05, 3.63) is 0 Å². The molecule has 0 saturated carbocycles. The summed E-state index contributed by atoms with van der Waals surface area (Å²) in [6, 6.07) is 0. The van der Waals surface area contributed by atoms with Gasteiger partial charge < -0.3 is 0 Å². The summed E-state index contributed by atoms with van der Waals surface area (Å²) >= 11 is 0. The van der Waals surface area contributed by atoms with Crippen molar-refractivity contribution in [2.24, 2.45) is 5.90 Å². The molecule has 0 aromatic carbocycles. The number of nitrogens with two attached hydrogens (primary N) is 1. The highest BCUT2D eigenvalue weighted by atomic mass is 32.3. The topological polar surface area (TPSA) is 95.7 Å². The van der Waals surface area contributed by atoms with Crippen LogP contribution in [0, 0.1) is 0 Å². The van der Waals surface area contributed by atoms with Crippen molar-refractivity contribution in [1.82, 2.24) is 0 Å². The Bertz CT molecular complexity index is 356. The number of hydrogen-bond donors (Lipinski definition) is 1. The second kappa shape index (κ2) is 13.2. The van der Waals surface area contributed by atoms with E-state index in [9.17, 15) is 13.2 Å². The van der Waals surface area contributed by atoms with Gasteiger partial charge in [0.05, 0.1) is 6.61 Å². The highest BCUT2D eigenvalue weighted by Crippen LogP contribution is 2.11. The minimum Gasteiger partial charge on any atom is -0.300 e. The Morgan fingerprint density at radius 3 is 1.95 bits per heavy atom. The van der Waals surface area contributed by atoms with Gasteiger partial charge in [0, 0.05) is 12.8 Å². The number of carbonyl (C=O) groups excluding carboxylic acids is 1. The van der Waals surface area contributed by atoms with Gasteiger partial charge in [0.25, 0.3) is 0 Å². The molecule has 0 spiro atoms. The smallest absolute Gasteiger partial charge is 0.300 e. The second-order valence-corrected chi connectivity index (χ2v) is 6.44. The average molecular weight is 323 g/mol. The van der Waals surface area contributed by atoms with E-state index in [1.54, 1.807) is 0 Å². The van der Waals surface area contributed by atoms with Gasteiger partial charge in [-0.1, -0.05) is 58.3 Å². The maximum atomic E-state index is 11.5. The zero-order chi connectivity index (χ0) is 16.0. The third kappa shape index (κ3) is 14.2. The van der Waals surface area contributed by atoms with Crippen molar-refractivity contribution in [3.8, 4) is 0 Å². The number of carbonyl (C=O) groups is 1.